The maximum Gasteiger partial charge on any atom is 0.142 e. The summed E-state index contributed by atoms with van der Waals surface area (Å²) in [7, 11) is 1.63. The summed E-state index contributed by atoms with van der Waals surface area (Å²) in [6.45, 7) is 0. The lowest BCUT2D eigenvalue weighted by Crippen LogP contribution is -2.29. The first-order chi connectivity index (χ1) is 17.4. The molecular formula is C29H21Cl3N2O2. The van der Waals surface area contributed by atoms with Gasteiger partial charge in [0.2, 0.25) is 0 Å². The average molecular weight is 536 g/mol. The molecule has 0 aliphatic rings. The van der Waals surface area contributed by atoms with Crippen LogP contribution in [-0.4, -0.2) is 22.2 Å². The number of nitrogens with zero attached hydrogens (tertiary/aromatic N) is 2. The lowest BCUT2D eigenvalue weighted by molar-refractivity contribution is 0.125. The molecule has 0 spiro atoms. The van der Waals surface area contributed by atoms with Crippen LogP contribution >= 0.6 is 34.8 Å². The molecule has 5 rings (SSSR count). The monoisotopic (exact) mass is 534 g/mol. The van der Waals surface area contributed by atoms with Gasteiger partial charge < -0.3 is 9.84 Å². The molecule has 7 heteroatoms. The highest BCUT2D eigenvalue weighted by Gasteiger charge is 2.35. The van der Waals surface area contributed by atoms with Crippen molar-refractivity contribution in [2.24, 2.45) is 0 Å². The molecule has 0 fully saturated rings. The smallest absolute Gasteiger partial charge is 0.142 e. The third-order valence-electron chi connectivity index (χ3n) is 6.25. The van der Waals surface area contributed by atoms with E-state index in [1.807, 2.05) is 54.6 Å². The number of aromatic nitrogens is 2. The molecule has 2 heterocycles. The Morgan fingerprint density at radius 2 is 1.61 bits per heavy atom. The molecule has 1 unspecified atom stereocenters. The van der Waals surface area contributed by atoms with E-state index in [0.29, 0.717) is 54.8 Å². The van der Waals surface area contributed by atoms with Gasteiger partial charge in [-0.2, -0.15) is 0 Å². The number of hydrogen-bond acceptors (Lipinski definition) is 4. The third kappa shape index (κ3) is 4.54. The SMILES string of the molecule is COc1ccc(Cc2c(Cl)nc3ccc(C(O)(c4cccnc4)c4cccc(Cl)c4)cc3c2Cl)cc1. The van der Waals surface area contributed by atoms with E-state index in [0.717, 1.165) is 11.3 Å². The van der Waals surface area contributed by atoms with Gasteiger partial charge in [-0.1, -0.05) is 71.2 Å². The molecule has 0 saturated carbocycles. The van der Waals surface area contributed by atoms with E-state index in [4.69, 9.17) is 39.5 Å². The fraction of sp³-hybridized carbons (Fsp3) is 0.103. The Kier molecular flexibility index (Phi) is 6.87. The lowest BCUT2D eigenvalue weighted by atomic mass is 9.80. The van der Waals surface area contributed by atoms with Crippen LogP contribution in [0.5, 0.6) is 5.75 Å². The number of benzene rings is 3. The minimum absolute atomic E-state index is 0.341. The van der Waals surface area contributed by atoms with Gasteiger partial charge in [0.05, 0.1) is 17.6 Å². The molecule has 36 heavy (non-hydrogen) atoms. The predicted molar refractivity (Wildman–Crippen MR) is 145 cm³/mol. The first kappa shape index (κ1) is 24.5. The molecule has 0 amide bonds. The van der Waals surface area contributed by atoms with Crippen molar-refractivity contribution < 1.29 is 9.84 Å². The summed E-state index contributed by atoms with van der Waals surface area (Å²) in [6, 6.07) is 24.0. The van der Waals surface area contributed by atoms with E-state index in [1.54, 1.807) is 43.8 Å². The van der Waals surface area contributed by atoms with Crippen LogP contribution in [0.25, 0.3) is 10.9 Å². The number of aliphatic hydroxyl groups is 1. The number of hydrogen-bond donors (Lipinski definition) is 1. The largest absolute Gasteiger partial charge is 0.497 e. The van der Waals surface area contributed by atoms with Crippen LogP contribution in [0.1, 0.15) is 27.8 Å². The molecule has 0 radical (unpaired) electrons. The zero-order valence-electron chi connectivity index (χ0n) is 19.3. The van der Waals surface area contributed by atoms with E-state index in [-0.39, 0.29) is 0 Å². The molecule has 0 aliphatic carbocycles. The first-order valence-corrected chi connectivity index (χ1v) is 12.3. The van der Waals surface area contributed by atoms with Gasteiger partial charge >= 0.3 is 0 Å². The Morgan fingerprint density at radius 1 is 0.861 bits per heavy atom. The van der Waals surface area contributed by atoms with Gasteiger partial charge in [0.1, 0.15) is 16.5 Å². The molecule has 180 valence electrons. The summed E-state index contributed by atoms with van der Waals surface area (Å²) >= 11 is 19.8. The molecule has 3 aromatic carbocycles. The molecule has 0 saturated heterocycles. The minimum Gasteiger partial charge on any atom is -0.497 e. The topological polar surface area (TPSA) is 55.2 Å². The van der Waals surface area contributed by atoms with Crippen LogP contribution in [0.4, 0.5) is 0 Å². The Balaban J connectivity index is 1.67. The Bertz CT molecular complexity index is 1540. The highest BCUT2D eigenvalue weighted by Crippen LogP contribution is 2.40. The zero-order valence-corrected chi connectivity index (χ0v) is 21.5. The molecular weight excluding hydrogens is 515 g/mol. The maximum atomic E-state index is 12.2. The quantitative estimate of drug-likeness (QED) is 0.229. The van der Waals surface area contributed by atoms with Crippen molar-refractivity contribution in [2.75, 3.05) is 7.11 Å². The van der Waals surface area contributed by atoms with Gasteiger partial charge in [-0.25, -0.2) is 4.98 Å². The van der Waals surface area contributed by atoms with Crippen LogP contribution < -0.4 is 4.74 Å². The number of rotatable bonds is 6. The van der Waals surface area contributed by atoms with Crippen molar-refractivity contribution in [3.63, 3.8) is 0 Å². The molecule has 0 bridgehead atoms. The maximum absolute atomic E-state index is 12.2. The standard InChI is InChI=1S/C29H21Cl3N2O2/c1-36-23-10-7-18(8-11-23)14-25-27(31)24-16-20(9-12-26(24)34-28(25)32)29(35,21-5-3-13-33-17-21)19-4-2-6-22(30)15-19/h2-13,15-17,35H,14H2,1H3. The summed E-state index contributed by atoms with van der Waals surface area (Å²) in [5.41, 5.74) is 2.65. The summed E-state index contributed by atoms with van der Waals surface area (Å²) in [4.78, 5) is 8.82. The molecule has 2 aromatic heterocycles. The Morgan fingerprint density at radius 3 is 2.31 bits per heavy atom. The second-order valence-electron chi connectivity index (χ2n) is 8.41. The average Bonchev–Trinajstić information content (AvgIpc) is 2.91. The summed E-state index contributed by atoms with van der Waals surface area (Å²) in [5.74, 6) is 0.771. The zero-order chi connectivity index (χ0) is 25.3. The van der Waals surface area contributed by atoms with Gasteiger partial charge in [-0.15, -0.1) is 0 Å². The van der Waals surface area contributed by atoms with Crippen molar-refractivity contribution in [3.8, 4) is 5.75 Å². The first-order valence-electron chi connectivity index (χ1n) is 11.2. The number of halogens is 3. The van der Waals surface area contributed by atoms with Crippen LogP contribution in [0.15, 0.2) is 91.3 Å². The summed E-state index contributed by atoms with van der Waals surface area (Å²) in [6.07, 6.45) is 3.80. The van der Waals surface area contributed by atoms with Gasteiger partial charge in [0.25, 0.3) is 0 Å². The van der Waals surface area contributed by atoms with Gasteiger partial charge in [-0.05, 0) is 59.2 Å². The normalized spacial score (nSPS) is 12.9. The second kappa shape index (κ2) is 10.1. The van der Waals surface area contributed by atoms with Crippen molar-refractivity contribution >= 4 is 45.7 Å². The number of ether oxygens (including phenoxy) is 1. The van der Waals surface area contributed by atoms with E-state index in [1.165, 1.54) is 0 Å². The van der Waals surface area contributed by atoms with E-state index in [2.05, 4.69) is 9.97 Å². The van der Waals surface area contributed by atoms with Crippen molar-refractivity contribution in [1.29, 1.82) is 0 Å². The highest BCUT2D eigenvalue weighted by atomic mass is 35.5. The molecule has 4 nitrogen and oxygen atoms in total. The highest BCUT2D eigenvalue weighted by molar-refractivity contribution is 6.39. The van der Waals surface area contributed by atoms with Crippen LogP contribution in [0.2, 0.25) is 15.2 Å². The Hall–Kier alpha value is -3.15. The van der Waals surface area contributed by atoms with E-state index < -0.39 is 5.60 Å². The molecule has 0 aliphatic heterocycles. The molecule has 1 N–H and O–H groups in total. The summed E-state index contributed by atoms with van der Waals surface area (Å²) in [5, 5.41) is 14.2. The lowest BCUT2D eigenvalue weighted by Gasteiger charge is -2.30. The van der Waals surface area contributed by atoms with Crippen LogP contribution in [0.3, 0.4) is 0 Å². The molecule has 5 aromatic rings. The van der Waals surface area contributed by atoms with Crippen LogP contribution in [-0.2, 0) is 12.0 Å². The minimum atomic E-state index is -1.52. The van der Waals surface area contributed by atoms with Crippen LogP contribution in [0, 0.1) is 0 Å². The van der Waals surface area contributed by atoms with Gasteiger partial charge in [0.15, 0.2) is 0 Å². The third-order valence-corrected chi connectivity index (χ3v) is 7.22. The predicted octanol–water partition coefficient (Wildman–Crippen LogP) is 7.47. The number of pyridine rings is 2. The van der Waals surface area contributed by atoms with Crippen molar-refractivity contribution in [3.05, 3.63) is 134 Å². The van der Waals surface area contributed by atoms with E-state index >= 15 is 0 Å². The number of fused-ring (bicyclic) bond motifs is 1. The van der Waals surface area contributed by atoms with Gasteiger partial charge in [0, 0.05) is 40.4 Å². The van der Waals surface area contributed by atoms with Crippen molar-refractivity contribution in [2.45, 2.75) is 12.0 Å². The second-order valence-corrected chi connectivity index (χ2v) is 9.59. The summed E-state index contributed by atoms with van der Waals surface area (Å²) < 4.78 is 5.25. The van der Waals surface area contributed by atoms with Gasteiger partial charge in [-0.3, -0.25) is 4.98 Å². The fourth-order valence-electron chi connectivity index (χ4n) is 4.35. The Labute approximate surface area is 224 Å². The van der Waals surface area contributed by atoms with E-state index in [9.17, 15) is 5.11 Å². The molecule has 1 atom stereocenters. The van der Waals surface area contributed by atoms with Crippen molar-refractivity contribution in [1.82, 2.24) is 9.97 Å². The number of methoxy groups -OCH3 is 1. The fourth-order valence-corrected chi connectivity index (χ4v) is 5.15.